The molecule has 1 amide bonds. The quantitative estimate of drug-likeness (QED) is 0.788. The molecule has 0 radical (unpaired) electrons. The van der Waals surface area contributed by atoms with Gasteiger partial charge in [0.15, 0.2) is 0 Å². The number of ether oxygens (including phenoxy) is 1. The SMILES string of the molecule is CN1Cc2ccc(OCCN)cc2C1=O. The van der Waals surface area contributed by atoms with Crippen molar-refractivity contribution in [2.75, 3.05) is 20.2 Å². The van der Waals surface area contributed by atoms with Gasteiger partial charge in [-0.3, -0.25) is 4.79 Å². The maximum Gasteiger partial charge on any atom is 0.254 e. The number of carbonyl (C=O) groups excluding carboxylic acids is 1. The number of benzene rings is 1. The van der Waals surface area contributed by atoms with Crippen LogP contribution in [0.1, 0.15) is 15.9 Å². The Balaban J connectivity index is 2.23. The van der Waals surface area contributed by atoms with Gasteiger partial charge in [-0.25, -0.2) is 0 Å². The van der Waals surface area contributed by atoms with Crippen molar-refractivity contribution in [3.05, 3.63) is 29.3 Å². The summed E-state index contributed by atoms with van der Waals surface area (Å²) in [5, 5.41) is 0. The van der Waals surface area contributed by atoms with Crippen LogP contribution < -0.4 is 10.5 Å². The summed E-state index contributed by atoms with van der Waals surface area (Å²) >= 11 is 0. The summed E-state index contributed by atoms with van der Waals surface area (Å²) in [6.07, 6.45) is 0. The standard InChI is InChI=1S/C11H14N2O2/c1-13-7-8-2-3-9(15-5-4-12)6-10(8)11(13)14/h2-3,6H,4-5,7,12H2,1H3. The van der Waals surface area contributed by atoms with Gasteiger partial charge in [-0.1, -0.05) is 6.07 Å². The third kappa shape index (κ3) is 1.80. The highest BCUT2D eigenvalue weighted by molar-refractivity contribution is 5.98. The van der Waals surface area contributed by atoms with Crippen LogP contribution in [0.3, 0.4) is 0 Å². The number of nitrogens with two attached hydrogens (primary N) is 1. The molecule has 0 saturated carbocycles. The van der Waals surface area contributed by atoms with E-state index in [1.165, 1.54) is 0 Å². The molecule has 0 fully saturated rings. The molecule has 4 nitrogen and oxygen atoms in total. The van der Waals surface area contributed by atoms with E-state index in [4.69, 9.17) is 10.5 Å². The van der Waals surface area contributed by atoms with Crippen molar-refractivity contribution in [3.8, 4) is 5.75 Å². The topological polar surface area (TPSA) is 55.6 Å². The third-order valence-electron chi connectivity index (χ3n) is 2.45. The number of fused-ring (bicyclic) bond motifs is 1. The van der Waals surface area contributed by atoms with Crippen LogP contribution in [0, 0.1) is 0 Å². The molecule has 15 heavy (non-hydrogen) atoms. The Hall–Kier alpha value is -1.55. The average molecular weight is 206 g/mol. The van der Waals surface area contributed by atoms with Crippen LogP contribution in [0.2, 0.25) is 0 Å². The number of carbonyl (C=O) groups is 1. The lowest BCUT2D eigenvalue weighted by Gasteiger charge is -2.05. The zero-order chi connectivity index (χ0) is 10.8. The summed E-state index contributed by atoms with van der Waals surface area (Å²) in [7, 11) is 1.79. The number of hydrogen-bond acceptors (Lipinski definition) is 3. The van der Waals surface area contributed by atoms with Gasteiger partial charge in [-0.15, -0.1) is 0 Å². The van der Waals surface area contributed by atoms with Gasteiger partial charge in [0.2, 0.25) is 0 Å². The fraction of sp³-hybridized carbons (Fsp3) is 0.364. The molecule has 80 valence electrons. The predicted octanol–water partition coefficient (Wildman–Crippen LogP) is 0.610. The van der Waals surface area contributed by atoms with Gasteiger partial charge in [0.1, 0.15) is 12.4 Å². The molecule has 0 saturated heterocycles. The van der Waals surface area contributed by atoms with Crippen LogP contribution in [0.4, 0.5) is 0 Å². The van der Waals surface area contributed by atoms with E-state index >= 15 is 0 Å². The number of nitrogens with zero attached hydrogens (tertiary/aromatic N) is 1. The van der Waals surface area contributed by atoms with Crippen LogP contribution in [-0.4, -0.2) is 31.0 Å². The lowest BCUT2D eigenvalue weighted by Crippen LogP contribution is -2.17. The summed E-state index contributed by atoms with van der Waals surface area (Å²) in [6, 6.07) is 5.60. The second-order valence-electron chi connectivity index (χ2n) is 3.62. The van der Waals surface area contributed by atoms with Crippen molar-refractivity contribution in [3.63, 3.8) is 0 Å². The van der Waals surface area contributed by atoms with Gasteiger partial charge in [0.25, 0.3) is 5.91 Å². The van der Waals surface area contributed by atoms with E-state index in [1.807, 2.05) is 12.1 Å². The fourth-order valence-corrected chi connectivity index (χ4v) is 1.69. The highest BCUT2D eigenvalue weighted by Crippen LogP contribution is 2.25. The minimum absolute atomic E-state index is 0.0585. The smallest absolute Gasteiger partial charge is 0.254 e. The van der Waals surface area contributed by atoms with Crippen molar-refractivity contribution in [2.45, 2.75) is 6.54 Å². The Morgan fingerprint density at radius 2 is 2.33 bits per heavy atom. The lowest BCUT2D eigenvalue weighted by atomic mass is 10.1. The van der Waals surface area contributed by atoms with Crippen molar-refractivity contribution >= 4 is 5.91 Å². The average Bonchev–Trinajstić information content (AvgIpc) is 2.52. The predicted molar refractivity (Wildman–Crippen MR) is 56.8 cm³/mol. The second-order valence-corrected chi connectivity index (χ2v) is 3.62. The van der Waals surface area contributed by atoms with E-state index in [9.17, 15) is 4.79 Å². The molecule has 0 unspecified atom stereocenters. The van der Waals surface area contributed by atoms with Crippen LogP contribution >= 0.6 is 0 Å². The minimum atomic E-state index is 0.0585. The summed E-state index contributed by atoms with van der Waals surface area (Å²) in [5.41, 5.74) is 7.14. The highest BCUT2D eigenvalue weighted by atomic mass is 16.5. The first-order chi connectivity index (χ1) is 7.22. The molecule has 0 spiro atoms. The zero-order valence-electron chi connectivity index (χ0n) is 8.69. The molecule has 4 heteroatoms. The molecule has 2 rings (SSSR count). The van der Waals surface area contributed by atoms with Gasteiger partial charge in [0.05, 0.1) is 0 Å². The first-order valence-electron chi connectivity index (χ1n) is 4.93. The number of hydrogen-bond donors (Lipinski definition) is 1. The Morgan fingerprint density at radius 3 is 3.07 bits per heavy atom. The van der Waals surface area contributed by atoms with Crippen molar-refractivity contribution in [1.82, 2.24) is 4.90 Å². The van der Waals surface area contributed by atoms with E-state index in [0.29, 0.717) is 25.4 Å². The van der Waals surface area contributed by atoms with Gasteiger partial charge in [-0.2, -0.15) is 0 Å². The molecule has 1 aromatic rings. The summed E-state index contributed by atoms with van der Waals surface area (Å²) in [6.45, 7) is 1.64. The van der Waals surface area contributed by atoms with Crippen LogP contribution in [0.25, 0.3) is 0 Å². The molecular weight excluding hydrogens is 192 g/mol. The maximum atomic E-state index is 11.7. The van der Waals surface area contributed by atoms with Crippen LogP contribution in [0.5, 0.6) is 5.75 Å². The largest absolute Gasteiger partial charge is 0.492 e. The van der Waals surface area contributed by atoms with E-state index in [0.717, 1.165) is 11.1 Å². The van der Waals surface area contributed by atoms with Gasteiger partial charge in [0, 0.05) is 25.7 Å². The number of rotatable bonds is 3. The fourth-order valence-electron chi connectivity index (χ4n) is 1.69. The van der Waals surface area contributed by atoms with Crippen LogP contribution in [-0.2, 0) is 6.54 Å². The molecule has 1 aromatic carbocycles. The molecule has 0 atom stereocenters. The molecule has 2 N–H and O–H groups in total. The van der Waals surface area contributed by atoms with E-state index in [-0.39, 0.29) is 5.91 Å². The van der Waals surface area contributed by atoms with E-state index in [2.05, 4.69) is 0 Å². The van der Waals surface area contributed by atoms with E-state index < -0.39 is 0 Å². The molecular formula is C11H14N2O2. The van der Waals surface area contributed by atoms with Crippen LogP contribution in [0.15, 0.2) is 18.2 Å². The van der Waals surface area contributed by atoms with Gasteiger partial charge < -0.3 is 15.4 Å². The molecule has 0 bridgehead atoms. The van der Waals surface area contributed by atoms with Gasteiger partial charge in [-0.05, 0) is 17.7 Å². The van der Waals surface area contributed by atoms with Crippen molar-refractivity contribution in [2.24, 2.45) is 5.73 Å². The third-order valence-corrected chi connectivity index (χ3v) is 2.45. The first-order valence-corrected chi connectivity index (χ1v) is 4.93. The Kier molecular flexibility index (Phi) is 2.60. The Bertz CT molecular complexity index is 390. The molecule has 1 aliphatic heterocycles. The zero-order valence-corrected chi connectivity index (χ0v) is 8.69. The minimum Gasteiger partial charge on any atom is -0.492 e. The number of amides is 1. The Morgan fingerprint density at radius 1 is 1.53 bits per heavy atom. The maximum absolute atomic E-state index is 11.7. The first kappa shape index (κ1) is 9.98. The van der Waals surface area contributed by atoms with E-state index in [1.54, 1.807) is 18.0 Å². The summed E-state index contributed by atoms with van der Waals surface area (Å²) in [4.78, 5) is 13.4. The second kappa shape index (κ2) is 3.90. The highest BCUT2D eigenvalue weighted by Gasteiger charge is 2.24. The molecule has 0 aliphatic carbocycles. The Labute approximate surface area is 88.6 Å². The lowest BCUT2D eigenvalue weighted by molar-refractivity contribution is 0.0816. The van der Waals surface area contributed by atoms with Gasteiger partial charge >= 0.3 is 0 Å². The monoisotopic (exact) mass is 206 g/mol. The normalized spacial score (nSPS) is 14.3. The van der Waals surface area contributed by atoms with Crippen molar-refractivity contribution < 1.29 is 9.53 Å². The molecule has 1 aliphatic rings. The summed E-state index contributed by atoms with van der Waals surface area (Å²) in [5.74, 6) is 0.769. The summed E-state index contributed by atoms with van der Waals surface area (Å²) < 4.78 is 5.37. The van der Waals surface area contributed by atoms with Crippen molar-refractivity contribution in [1.29, 1.82) is 0 Å². The molecule has 1 heterocycles. The molecule has 0 aromatic heterocycles.